The first-order valence-corrected chi connectivity index (χ1v) is 6.25. The Labute approximate surface area is 113 Å². The smallest absolute Gasteiger partial charge is 0.311 e. The van der Waals surface area contributed by atoms with Crippen molar-refractivity contribution < 1.29 is 19.1 Å². The Morgan fingerprint density at radius 1 is 1.16 bits per heavy atom. The van der Waals surface area contributed by atoms with E-state index in [0.717, 1.165) is 0 Å². The topological polar surface area (TPSA) is 52.6 Å². The maximum absolute atomic E-state index is 12.1. The Kier molecular flexibility index (Phi) is 5.10. The van der Waals surface area contributed by atoms with E-state index in [4.69, 9.17) is 9.47 Å². The van der Waals surface area contributed by atoms with Crippen LogP contribution in [0.2, 0.25) is 0 Å². The zero-order valence-corrected chi connectivity index (χ0v) is 11.9. The maximum atomic E-state index is 12.1. The highest BCUT2D eigenvalue weighted by atomic mass is 16.5. The van der Waals surface area contributed by atoms with Crippen LogP contribution in [0.25, 0.3) is 0 Å². The van der Waals surface area contributed by atoms with Crippen molar-refractivity contribution in [2.45, 2.75) is 27.2 Å². The first kappa shape index (κ1) is 15.2. The minimum absolute atomic E-state index is 0.0827. The van der Waals surface area contributed by atoms with E-state index >= 15 is 0 Å². The lowest BCUT2D eigenvalue weighted by Crippen LogP contribution is -2.29. The molecule has 1 aromatic carbocycles. The van der Waals surface area contributed by atoms with Crippen LogP contribution in [0, 0.1) is 5.41 Å². The summed E-state index contributed by atoms with van der Waals surface area (Å²) < 4.78 is 10.0. The quantitative estimate of drug-likeness (QED) is 0.585. The number of ketones is 1. The van der Waals surface area contributed by atoms with Crippen molar-refractivity contribution in [2.75, 3.05) is 13.7 Å². The number of Topliss-reactive ketones (excluding diaryl/α,β-unsaturated/α-hetero) is 1. The number of hydrogen-bond donors (Lipinski definition) is 0. The summed E-state index contributed by atoms with van der Waals surface area (Å²) in [6.07, 6.45) is 0.123. The number of benzene rings is 1. The molecular formula is C15H20O4. The molecule has 0 amide bonds. The van der Waals surface area contributed by atoms with E-state index in [9.17, 15) is 9.59 Å². The maximum Gasteiger partial charge on any atom is 0.311 e. The first-order chi connectivity index (χ1) is 8.90. The lowest BCUT2D eigenvalue weighted by molar-refractivity contribution is -0.153. The van der Waals surface area contributed by atoms with Crippen molar-refractivity contribution in [3.8, 4) is 5.75 Å². The third-order valence-electron chi connectivity index (χ3n) is 2.84. The fraction of sp³-hybridized carbons (Fsp3) is 0.467. The van der Waals surface area contributed by atoms with Crippen molar-refractivity contribution in [1.29, 1.82) is 0 Å². The van der Waals surface area contributed by atoms with E-state index in [1.54, 1.807) is 52.1 Å². The van der Waals surface area contributed by atoms with Crippen LogP contribution < -0.4 is 4.74 Å². The number of carbonyl (C=O) groups excluding carboxylic acids is 2. The van der Waals surface area contributed by atoms with Crippen molar-refractivity contribution in [2.24, 2.45) is 5.41 Å². The van der Waals surface area contributed by atoms with Gasteiger partial charge >= 0.3 is 5.97 Å². The van der Waals surface area contributed by atoms with Gasteiger partial charge in [0.15, 0.2) is 5.78 Å². The minimum atomic E-state index is -0.812. The third kappa shape index (κ3) is 4.09. The van der Waals surface area contributed by atoms with Crippen LogP contribution in [-0.2, 0) is 9.53 Å². The fourth-order valence-electron chi connectivity index (χ4n) is 1.68. The van der Waals surface area contributed by atoms with Crippen LogP contribution in [0.3, 0.4) is 0 Å². The SMILES string of the molecule is CCOC(=O)C(C)(C)CC(=O)c1ccc(OC)cc1. The average molecular weight is 264 g/mol. The second-order valence-electron chi connectivity index (χ2n) is 4.93. The molecule has 0 bridgehead atoms. The van der Waals surface area contributed by atoms with Gasteiger partial charge in [-0.2, -0.15) is 0 Å². The minimum Gasteiger partial charge on any atom is -0.497 e. The number of rotatable bonds is 6. The van der Waals surface area contributed by atoms with Crippen molar-refractivity contribution in [3.05, 3.63) is 29.8 Å². The Bertz CT molecular complexity index is 446. The van der Waals surface area contributed by atoms with E-state index < -0.39 is 5.41 Å². The Hall–Kier alpha value is -1.84. The van der Waals surface area contributed by atoms with E-state index in [-0.39, 0.29) is 18.2 Å². The molecule has 0 aliphatic rings. The molecule has 0 radical (unpaired) electrons. The number of carbonyl (C=O) groups is 2. The predicted octanol–water partition coefficient (Wildman–Crippen LogP) is 2.86. The van der Waals surface area contributed by atoms with E-state index in [2.05, 4.69) is 0 Å². The van der Waals surface area contributed by atoms with Crippen molar-refractivity contribution in [1.82, 2.24) is 0 Å². The molecule has 104 valence electrons. The standard InChI is InChI=1S/C15H20O4/c1-5-19-14(17)15(2,3)10-13(16)11-6-8-12(18-4)9-7-11/h6-9H,5,10H2,1-4H3. The summed E-state index contributed by atoms with van der Waals surface area (Å²) in [5.41, 5.74) is -0.245. The molecule has 0 spiro atoms. The van der Waals surface area contributed by atoms with Crippen LogP contribution in [0.5, 0.6) is 5.75 Å². The summed E-state index contributed by atoms with van der Waals surface area (Å²) in [5.74, 6) is 0.263. The van der Waals surface area contributed by atoms with Crippen molar-refractivity contribution in [3.63, 3.8) is 0 Å². The molecule has 1 aromatic rings. The second-order valence-corrected chi connectivity index (χ2v) is 4.93. The molecule has 0 aromatic heterocycles. The van der Waals surface area contributed by atoms with Gasteiger partial charge in [0.05, 0.1) is 19.1 Å². The van der Waals surface area contributed by atoms with Crippen molar-refractivity contribution >= 4 is 11.8 Å². The van der Waals surface area contributed by atoms with Crippen LogP contribution in [0.4, 0.5) is 0 Å². The molecule has 0 aliphatic heterocycles. The highest BCUT2D eigenvalue weighted by molar-refractivity contribution is 5.98. The van der Waals surface area contributed by atoms with E-state index in [1.165, 1.54) is 0 Å². The second kappa shape index (κ2) is 6.36. The largest absolute Gasteiger partial charge is 0.497 e. The molecule has 0 saturated carbocycles. The summed E-state index contributed by atoms with van der Waals surface area (Å²) in [6.45, 7) is 5.50. The Balaban J connectivity index is 2.75. The number of esters is 1. The molecule has 0 atom stereocenters. The number of ether oxygens (including phenoxy) is 2. The molecule has 1 rings (SSSR count). The predicted molar refractivity (Wildman–Crippen MR) is 72.4 cm³/mol. The third-order valence-corrected chi connectivity index (χ3v) is 2.84. The summed E-state index contributed by atoms with van der Waals surface area (Å²) in [4.78, 5) is 23.9. The Morgan fingerprint density at radius 3 is 2.21 bits per heavy atom. The summed E-state index contributed by atoms with van der Waals surface area (Å²) in [5, 5.41) is 0. The van der Waals surface area contributed by atoms with Crippen LogP contribution in [-0.4, -0.2) is 25.5 Å². The molecule has 0 saturated heterocycles. The molecule has 0 aliphatic carbocycles. The Morgan fingerprint density at radius 2 is 1.74 bits per heavy atom. The average Bonchev–Trinajstić information content (AvgIpc) is 2.38. The van der Waals surface area contributed by atoms with Gasteiger partial charge in [0.2, 0.25) is 0 Å². The monoisotopic (exact) mass is 264 g/mol. The highest BCUT2D eigenvalue weighted by Gasteiger charge is 2.32. The van der Waals surface area contributed by atoms with Gasteiger partial charge in [-0.15, -0.1) is 0 Å². The van der Waals surface area contributed by atoms with Gasteiger partial charge in [0.1, 0.15) is 5.75 Å². The van der Waals surface area contributed by atoms with Gasteiger partial charge in [0, 0.05) is 12.0 Å². The zero-order valence-electron chi connectivity index (χ0n) is 11.9. The summed E-state index contributed by atoms with van der Waals surface area (Å²) in [6, 6.07) is 6.85. The molecule has 4 nitrogen and oxygen atoms in total. The molecule has 0 heterocycles. The fourth-order valence-corrected chi connectivity index (χ4v) is 1.68. The number of methoxy groups -OCH3 is 1. The molecule has 0 fully saturated rings. The normalized spacial score (nSPS) is 10.9. The first-order valence-electron chi connectivity index (χ1n) is 6.25. The van der Waals surface area contributed by atoms with Gasteiger partial charge in [-0.3, -0.25) is 9.59 Å². The molecule has 19 heavy (non-hydrogen) atoms. The van der Waals surface area contributed by atoms with E-state index in [0.29, 0.717) is 17.9 Å². The molecular weight excluding hydrogens is 244 g/mol. The van der Waals surface area contributed by atoms with E-state index in [1.807, 2.05) is 0 Å². The zero-order chi connectivity index (χ0) is 14.5. The highest BCUT2D eigenvalue weighted by Crippen LogP contribution is 2.25. The van der Waals surface area contributed by atoms with Crippen LogP contribution >= 0.6 is 0 Å². The summed E-state index contributed by atoms with van der Waals surface area (Å²) >= 11 is 0. The molecule has 0 unspecified atom stereocenters. The summed E-state index contributed by atoms with van der Waals surface area (Å²) in [7, 11) is 1.57. The van der Waals surface area contributed by atoms with Gasteiger partial charge in [-0.25, -0.2) is 0 Å². The van der Waals surface area contributed by atoms with Crippen LogP contribution in [0.1, 0.15) is 37.6 Å². The van der Waals surface area contributed by atoms with Gasteiger partial charge in [-0.05, 0) is 45.0 Å². The van der Waals surface area contributed by atoms with Gasteiger partial charge < -0.3 is 9.47 Å². The number of hydrogen-bond acceptors (Lipinski definition) is 4. The molecule has 4 heteroatoms. The molecule has 0 N–H and O–H groups in total. The van der Waals surface area contributed by atoms with Gasteiger partial charge in [-0.1, -0.05) is 0 Å². The van der Waals surface area contributed by atoms with Crippen LogP contribution in [0.15, 0.2) is 24.3 Å². The lowest BCUT2D eigenvalue weighted by Gasteiger charge is -2.21. The lowest BCUT2D eigenvalue weighted by atomic mass is 9.85. The van der Waals surface area contributed by atoms with Gasteiger partial charge in [0.25, 0.3) is 0 Å².